The molecule has 2 aromatic rings. The highest BCUT2D eigenvalue weighted by molar-refractivity contribution is 5.96. The molecule has 2 amide bonds. The number of aryl methyl sites for hydroxylation is 2. The molecule has 0 aromatic carbocycles. The minimum Gasteiger partial charge on any atom is -0.328 e. The number of rotatable bonds is 5. The molecule has 1 saturated heterocycles. The monoisotopic (exact) mass is 437 g/mol. The normalized spacial score (nSPS) is 18.4. The zero-order chi connectivity index (χ0) is 23.0. The lowest BCUT2D eigenvalue weighted by atomic mass is 10.0. The van der Waals surface area contributed by atoms with E-state index in [-0.39, 0.29) is 23.4 Å². The molecular formula is C24H31N5O3. The first-order valence-corrected chi connectivity index (χ1v) is 11.4. The van der Waals surface area contributed by atoms with E-state index in [1.807, 2.05) is 11.8 Å². The number of hydrogen-bond donors (Lipinski definition) is 0. The Labute approximate surface area is 188 Å². The molecule has 0 aliphatic carbocycles. The van der Waals surface area contributed by atoms with E-state index in [9.17, 15) is 14.4 Å². The van der Waals surface area contributed by atoms with E-state index >= 15 is 0 Å². The summed E-state index contributed by atoms with van der Waals surface area (Å²) in [4.78, 5) is 50.9. The topological polar surface area (TPSA) is 88.4 Å². The summed E-state index contributed by atoms with van der Waals surface area (Å²) >= 11 is 0. The highest BCUT2D eigenvalue weighted by Crippen LogP contribution is 2.35. The van der Waals surface area contributed by atoms with E-state index in [4.69, 9.17) is 9.97 Å². The molecule has 0 N–H and O–H groups in total. The molecule has 1 atom stereocenters. The van der Waals surface area contributed by atoms with Crippen LogP contribution in [0.25, 0.3) is 0 Å². The van der Waals surface area contributed by atoms with Crippen LogP contribution in [0, 0.1) is 12.8 Å². The predicted molar refractivity (Wildman–Crippen MR) is 122 cm³/mol. The van der Waals surface area contributed by atoms with Crippen molar-refractivity contribution in [1.29, 1.82) is 0 Å². The van der Waals surface area contributed by atoms with Crippen LogP contribution in [-0.4, -0.2) is 44.3 Å². The maximum Gasteiger partial charge on any atom is 0.255 e. The maximum absolute atomic E-state index is 13.3. The maximum atomic E-state index is 13.3. The van der Waals surface area contributed by atoms with E-state index < -0.39 is 0 Å². The number of pyridine rings is 1. The number of likely N-dealkylation sites (tertiary alicyclic amines) is 1. The van der Waals surface area contributed by atoms with Crippen molar-refractivity contribution in [2.75, 3.05) is 18.0 Å². The van der Waals surface area contributed by atoms with Crippen LogP contribution in [0.5, 0.6) is 0 Å². The summed E-state index contributed by atoms with van der Waals surface area (Å²) < 4.78 is 1.41. The van der Waals surface area contributed by atoms with E-state index in [0.717, 1.165) is 30.5 Å². The molecule has 0 spiro atoms. The zero-order valence-electron chi connectivity index (χ0n) is 19.3. The van der Waals surface area contributed by atoms with Crippen molar-refractivity contribution in [3.05, 3.63) is 51.3 Å². The van der Waals surface area contributed by atoms with E-state index in [2.05, 4.69) is 13.8 Å². The van der Waals surface area contributed by atoms with Crippen molar-refractivity contribution in [3.8, 4) is 0 Å². The van der Waals surface area contributed by atoms with Gasteiger partial charge >= 0.3 is 0 Å². The molecule has 2 aromatic heterocycles. The smallest absolute Gasteiger partial charge is 0.255 e. The van der Waals surface area contributed by atoms with Crippen LogP contribution in [0.4, 0.5) is 5.82 Å². The summed E-state index contributed by atoms with van der Waals surface area (Å²) in [5, 5.41) is 0. The first kappa shape index (κ1) is 22.2. The van der Waals surface area contributed by atoms with E-state index in [1.54, 1.807) is 24.2 Å². The first-order valence-electron chi connectivity index (χ1n) is 11.4. The highest BCUT2D eigenvalue weighted by atomic mass is 16.2. The Kier molecular flexibility index (Phi) is 6.13. The predicted octanol–water partition coefficient (Wildman–Crippen LogP) is 2.79. The van der Waals surface area contributed by atoms with Crippen LogP contribution in [0.15, 0.2) is 23.1 Å². The van der Waals surface area contributed by atoms with Crippen molar-refractivity contribution in [3.63, 3.8) is 0 Å². The minimum atomic E-state index is -0.243. The van der Waals surface area contributed by atoms with Gasteiger partial charge in [0.1, 0.15) is 5.82 Å². The van der Waals surface area contributed by atoms with Crippen LogP contribution in [0.1, 0.15) is 73.0 Å². The lowest BCUT2D eigenvalue weighted by Gasteiger charge is -2.31. The fourth-order valence-electron chi connectivity index (χ4n) is 4.53. The molecule has 0 bridgehead atoms. The molecule has 0 radical (unpaired) electrons. The molecule has 32 heavy (non-hydrogen) atoms. The second-order valence-corrected chi connectivity index (χ2v) is 9.22. The van der Waals surface area contributed by atoms with Gasteiger partial charge in [-0.2, -0.15) is 0 Å². The number of aromatic nitrogens is 3. The Balaban J connectivity index is 1.67. The molecule has 1 fully saturated rings. The fourth-order valence-corrected chi connectivity index (χ4v) is 4.53. The van der Waals surface area contributed by atoms with Crippen molar-refractivity contribution in [2.45, 2.75) is 58.9 Å². The van der Waals surface area contributed by atoms with Crippen molar-refractivity contribution >= 4 is 17.6 Å². The van der Waals surface area contributed by atoms with Crippen LogP contribution in [-0.2, 0) is 18.3 Å². The lowest BCUT2D eigenvalue weighted by Crippen LogP contribution is -2.39. The third-order valence-electron chi connectivity index (χ3n) is 6.43. The molecular weight excluding hydrogens is 406 g/mol. The van der Waals surface area contributed by atoms with Gasteiger partial charge in [0.15, 0.2) is 5.82 Å². The average molecular weight is 438 g/mol. The Hall–Kier alpha value is -3.03. The fraction of sp³-hybridized carbons (Fsp3) is 0.542. The lowest BCUT2D eigenvalue weighted by molar-refractivity contribution is -0.119. The molecule has 2 aliphatic rings. The number of carbonyl (C=O) groups is 2. The van der Waals surface area contributed by atoms with Crippen LogP contribution < -0.4 is 10.5 Å². The minimum absolute atomic E-state index is 0.103. The molecule has 4 rings (SSSR count). The zero-order valence-corrected chi connectivity index (χ0v) is 19.3. The van der Waals surface area contributed by atoms with E-state index in [1.165, 1.54) is 10.6 Å². The third kappa shape index (κ3) is 4.18. The number of hydrogen-bond acceptors (Lipinski definition) is 5. The second-order valence-electron chi connectivity index (χ2n) is 9.22. The SMILES string of the molecule is Cc1nc(C2CCCN2C(=O)c2ccc(=O)n(C)c2)nc2c1CCC(=O)N2CCC(C)C. The van der Waals surface area contributed by atoms with Crippen molar-refractivity contribution < 1.29 is 9.59 Å². The number of amides is 2. The Bertz CT molecular complexity index is 1110. The molecule has 4 heterocycles. The van der Waals surface area contributed by atoms with Gasteiger partial charge in [0, 0.05) is 50.1 Å². The Morgan fingerprint density at radius 2 is 1.97 bits per heavy atom. The summed E-state index contributed by atoms with van der Waals surface area (Å²) in [6.45, 7) is 7.52. The van der Waals surface area contributed by atoms with Gasteiger partial charge < -0.3 is 9.47 Å². The summed E-state index contributed by atoms with van der Waals surface area (Å²) in [7, 11) is 1.64. The molecule has 0 saturated carbocycles. The summed E-state index contributed by atoms with van der Waals surface area (Å²) in [6.07, 6.45) is 5.25. The molecule has 1 unspecified atom stereocenters. The summed E-state index contributed by atoms with van der Waals surface area (Å²) in [5.74, 6) is 1.77. The van der Waals surface area contributed by atoms with Gasteiger partial charge in [0.05, 0.1) is 11.6 Å². The summed E-state index contributed by atoms with van der Waals surface area (Å²) in [6, 6.07) is 2.74. The first-order chi connectivity index (χ1) is 15.3. The third-order valence-corrected chi connectivity index (χ3v) is 6.43. The van der Waals surface area contributed by atoms with Gasteiger partial charge in [0.25, 0.3) is 5.91 Å². The molecule has 2 aliphatic heterocycles. The average Bonchev–Trinajstić information content (AvgIpc) is 3.24. The standard InChI is InChI=1S/C24H31N5O3/c1-15(2)11-13-29-21(31)10-8-18-16(3)25-22(26-23(18)29)19-6-5-12-28(19)24(32)17-7-9-20(30)27(4)14-17/h7,9,14-15,19H,5-6,8,10-13H2,1-4H3. The number of carbonyl (C=O) groups excluding carboxylic acids is 2. The molecule has 8 nitrogen and oxygen atoms in total. The van der Waals surface area contributed by atoms with Gasteiger partial charge in [-0.3, -0.25) is 19.3 Å². The van der Waals surface area contributed by atoms with Gasteiger partial charge in [-0.05, 0) is 44.6 Å². The number of nitrogens with zero attached hydrogens (tertiary/aromatic N) is 5. The quantitative estimate of drug-likeness (QED) is 0.718. The summed E-state index contributed by atoms with van der Waals surface area (Å²) in [5.41, 5.74) is 2.24. The van der Waals surface area contributed by atoms with Crippen molar-refractivity contribution in [1.82, 2.24) is 19.4 Å². The van der Waals surface area contributed by atoms with Gasteiger partial charge in [0.2, 0.25) is 11.5 Å². The number of fused-ring (bicyclic) bond motifs is 1. The van der Waals surface area contributed by atoms with Crippen LogP contribution >= 0.6 is 0 Å². The van der Waals surface area contributed by atoms with Gasteiger partial charge in [-0.25, -0.2) is 9.97 Å². The van der Waals surface area contributed by atoms with Crippen LogP contribution in [0.3, 0.4) is 0 Å². The van der Waals surface area contributed by atoms with Crippen LogP contribution in [0.2, 0.25) is 0 Å². The largest absolute Gasteiger partial charge is 0.328 e. The van der Waals surface area contributed by atoms with E-state index in [0.29, 0.717) is 49.1 Å². The van der Waals surface area contributed by atoms with Crippen molar-refractivity contribution in [2.24, 2.45) is 13.0 Å². The molecule has 8 heteroatoms. The molecule has 170 valence electrons. The van der Waals surface area contributed by atoms with Gasteiger partial charge in [-0.1, -0.05) is 13.8 Å². The second kappa shape index (κ2) is 8.84. The Morgan fingerprint density at radius 3 is 2.69 bits per heavy atom. The Morgan fingerprint density at radius 1 is 1.19 bits per heavy atom. The van der Waals surface area contributed by atoms with Gasteiger partial charge in [-0.15, -0.1) is 0 Å². The highest BCUT2D eigenvalue weighted by Gasteiger charge is 2.35. The number of anilines is 1.